The molecule has 0 amide bonds. The highest BCUT2D eigenvalue weighted by Gasteiger charge is 2.37. The average molecular weight is 478 g/mol. The van der Waals surface area contributed by atoms with Gasteiger partial charge in [0.1, 0.15) is 6.23 Å². The van der Waals surface area contributed by atoms with Gasteiger partial charge in [0.15, 0.2) is 0 Å². The minimum atomic E-state index is -0.347. The summed E-state index contributed by atoms with van der Waals surface area (Å²) in [7, 11) is 0. The number of thioether (sulfide) groups is 1. The van der Waals surface area contributed by atoms with Gasteiger partial charge >= 0.3 is 0 Å². The molecule has 2 fully saturated rings. The zero-order valence-corrected chi connectivity index (χ0v) is 21.4. The monoisotopic (exact) mass is 477 g/mol. The number of allylic oxidation sites excluding steroid dienone is 4. The van der Waals surface area contributed by atoms with Crippen molar-refractivity contribution in [3.63, 3.8) is 0 Å². The molecular weight excluding hydrogens is 430 g/mol. The molecule has 4 rings (SSSR count). The summed E-state index contributed by atoms with van der Waals surface area (Å²) in [4.78, 5) is 2.42. The molecule has 4 unspecified atom stereocenters. The minimum Gasteiger partial charge on any atom is -0.396 e. The predicted molar refractivity (Wildman–Crippen MR) is 138 cm³/mol. The van der Waals surface area contributed by atoms with Crippen molar-refractivity contribution in [2.45, 2.75) is 109 Å². The fraction of sp³-hybridized carbons (Fsp3) is 0.857. The van der Waals surface area contributed by atoms with E-state index >= 15 is 0 Å². The van der Waals surface area contributed by atoms with E-state index in [1.54, 1.807) is 22.9 Å². The molecule has 0 radical (unpaired) electrons. The summed E-state index contributed by atoms with van der Waals surface area (Å²) in [6.07, 6.45) is 19.8. The number of aliphatic hydroxyl groups excluding tert-OH is 3. The minimum absolute atomic E-state index is 0.189. The van der Waals surface area contributed by atoms with Crippen molar-refractivity contribution < 1.29 is 15.3 Å². The largest absolute Gasteiger partial charge is 0.396 e. The topological polar surface area (TPSA) is 63.9 Å². The number of rotatable bonds is 8. The molecule has 33 heavy (non-hydrogen) atoms. The molecule has 2 aliphatic heterocycles. The van der Waals surface area contributed by atoms with E-state index < -0.39 is 0 Å². The van der Waals surface area contributed by atoms with Crippen LogP contribution < -0.4 is 0 Å². The summed E-state index contributed by atoms with van der Waals surface area (Å²) >= 11 is 1.65. The second-order valence-electron chi connectivity index (χ2n) is 11.0. The van der Waals surface area contributed by atoms with E-state index in [4.69, 9.17) is 5.11 Å². The van der Waals surface area contributed by atoms with Gasteiger partial charge in [0.2, 0.25) is 0 Å². The molecule has 1 saturated heterocycles. The van der Waals surface area contributed by atoms with Crippen LogP contribution in [0.25, 0.3) is 0 Å². The van der Waals surface area contributed by atoms with Crippen LogP contribution >= 0.6 is 11.8 Å². The first-order valence-electron chi connectivity index (χ1n) is 13.9. The van der Waals surface area contributed by atoms with Crippen molar-refractivity contribution in [1.29, 1.82) is 0 Å². The summed E-state index contributed by atoms with van der Waals surface area (Å²) in [5.41, 5.74) is 4.75. The van der Waals surface area contributed by atoms with Gasteiger partial charge in [-0.3, -0.25) is 0 Å². The molecule has 2 aliphatic carbocycles. The van der Waals surface area contributed by atoms with Crippen LogP contribution in [0.3, 0.4) is 0 Å². The van der Waals surface area contributed by atoms with Crippen LogP contribution in [0.15, 0.2) is 22.9 Å². The SMILES string of the molecule is OCCSCC(O)CCC1CCCN2C3=C(CC=C(C4CCCCC4)CCC2O)CCCC31. The molecule has 0 aromatic heterocycles. The molecule has 0 bridgehead atoms. The van der Waals surface area contributed by atoms with E-state index in [1.165, 1.54) is 63.5 Å². The third-order valence-electron chi connectivity index (χ3n) is 8.77. The molecule has 4 aliphatic rings. The Morgan fingerprint density at radius 1 is 1.00 bits per heavy atom. The Balaban J connectivity index is 1.50. The fourth-order valence-electron chi connectivity index (χ4n) is 7.07. The summed E-state index contributed by atoms with van der Waals surface area (Å²) in [5, 5.41) is 30.8. The number of hydrogen-bond acceptors (Lipinski definition) is 5. The van der Waals surface area contributed by atoms with Crippen molar-refractivity contribution in [3.8, 4) is 0 Å². The van der Waals surface area contributed by atoms with Crippen LogP contribution in [0.4, 0.5) is 0 Å². The maximum atomic E-state index is 11.4. The Kier molecular flexibility index (Phi) is 10.1. The summed E-state index contributed by atoms with van der Waals surface area (Å²) < 4.78 is 0. The molecule has 3 N–H and O–H groups in total. The highest BCUT2D eigenvalue weighted by atomic mass is 32.2. The molecule has 1 saturated carbocycles. The van der Waals surface area contributed by atoms with Crippen molar-refractivity contribution in [2.24, 2.45) is 17.8 Å². The van der Waals surface area contributed by atoms with Crippen LogP contribution in [0.5, 0.6) is 0 Å². The second kappa shape index (κ2) is 13.0. The first-order chi connectivity index (χ1) is 16.2. The molecule has 2 heterocycles. The second-order valence-corrected chi connectivity index (χ2v) is 12.1. The van der Waals surface area contributed by atoms with Gasteiger partial charge in [-0.15, -0.1) is 0 Å². The van der Waals surface area contributed by atoms with Crippen LogP contribution in [0.2, 0.25) is 0 Å². The molecule has 5 heteroatoms. The molecular formula is C28H47NO3S. The highest BCUT2D eigenvalue weighted by molar-refractivity contribution is 7.99. The first kappa shape index (κ1) is 25.6. The van der Waals surface area contributed by atoms with E-state index in [2.05, 4.69) is 11.0 Å². The number of hydrogen-bond donors (Lipinski definition) is 3. The first-order valence-corrected chi connectivity index (χ1v) is 15.0. The lowest BCUT2D eigenvalue weighted by Crippen LogP contribution is -2.39. The van der Waals surface area contributed by atoms with Gasteiger partial charge in [-0.2, -0.15) is 11.8 Å². The van der Waals surface area contributed by atoms with E-state index in [-0.39, 0.29) is 18.9 Å². The van der Waals surface area contributed by atoms with Crippen LogP contribution in [0, 0.1) is 17.8 Å². The van der Waals surface area contributed by atoms with Gasteiger partial charge in [0.25, 0.3) is 0 Å². The normalized spacial score (nSPS) is 30.6. The van der Waals surface area contributed by atoms with Crippen LogP contribution in [-0.4, -0.2) is 57.2 Å². The Morgan fingerprint density at radius 2 is 1.85 bits per heavy atom. The lowest BCUT2D eigenvalue weighted by Gasteiger charge is -2.40. The highest BCUT2D eigenvalue weighted by Crippen LogP contribution is 2.46. The molecule has 0 aromatic carbocycles. The Hall–Kier alpha value is -0.490. The van der Waals surface area contributed by atoms with Crippen molar-refractivity contribution in [2.75, 3.05) is 24.7 Å². The Labute approximate surface area is 205 Å². The zero-order chi connectivity index (χ0) is 23.0. The summed E-state index contributed by atoms with van der Waals surface area (Å²) in [6.45, 7) is 1.18. The fourth-order valence-corrected chi connectivity index (χ4v) is 7.80. The van der Waals surface area contributed by atoms with Gasteiger partial charge in [-0.1, -0.05) is 30.9 Å². The third-order valence-corrected chi connectivity index (χ3v) is 9.86. The molecule has 4 atom stereocenters. The standard InChI is InChI=1S/C28H47NO3S/c30-18-19-33-20-25(31)15-13-23-9-5-17-29-27(32)16-14-22(21-6-2-1-3-7-21)11-12-24-8-4-10-26(23)28(24)29/h11,21,23,25-27,30-32H,1-10,12-20H2. The maximum absolute atomic E-state index is 11.4. The molecule has 0 aromatic rings. The van der Waals surface area contributed by atoms with Gasteiger partial charge in [0.05, 0.1) is 12.7 Å². The zero-order valence-electron chi connectivity index (χ0n) is 20.6. The van der Waals surface area contributed by atoms with Gasteiger partial charge in [-0.05, 0) is 94.5 Å². The van der Waals surface area contributed by atoms with Crippen molar-refractivity contribution in [3.05, 3.63) is 22.9 Å². The lowest BCUT2D eigenvalue weighted by atomic mass is 9.75. The third kappa shape index (κ3) is 6.80. The van der Waals surface area contributed by atoms with Crippen molar-refractivity contribution in [1.82, 2.24) is 4.90 Å². The predicted octanol–water partition coefficient (Wildman–Crippen LogP) is 5.63. The Bertz CT molecular complexity index is 672. The van der Waals surface area contributed by atoms with Gasteiger partial charge in [-0.25, -0.2) is 0 Å². The van der Waals surface area contributed by atoms with Gasteiger partial charge < -0.3 is 20.2 Å². The average Bonchev–Trinajstić information content (AvgIpc) is 2.99. The van der Waals surface area contributed by atoms with Crippen molar-refractivity contribution >= 4 is 11.8 Å². The summed E-state index contributed by atoms with van der Waals surface area (Å²) in [5.74, 6) is 3.36. The quantitative estimate of drug-likeness (QED) is 0.312. The van der Waals surface area contributed by atoms with E-state index in [0.717, 1.165) is 56.7 Å². The van der Waals surface area contributed by atoms with E-state index in [0.29, 0.717) is 17.6 Å². The molecule has 0 spiro atoms. The maximum Gasteiger partial charge on any atom is 0.126 e. The van der Waals surface area contributed by atoms with E-state index in [1.807, 2.05) is 0 Å². The summed E-state index contributed by atoms with van der Waals surface area (Å²) in [6, 6.07) is 0. The van der Waals surface area contributed by atoms with Crippen LogP contribution in [0.1, 0.15) is 96.3 Å². The molecule has 188 valence electrons. The van der Waals surface area contributed by atoms with Crippen LogP contribution in [-0.2, 0) is 0 Å². The lowest BCUT2D eigenvalue weighted by molar-refractivity contribution is 0.0130. The number of nitrogens with zero attached hydrogens (tertiary/aromatic N) is 1. The Morgan fingerprint density at radius 3 is 2.67 bits per heavy atom. The van der Waals surface area contributed by atoms with E-state index in [9.17, 15) is 10.2 Å². The van der Waals surface area contributed by atoms with Gasteiger partial charge in [0, 0.05) is 29.7 Å². The number of aliphatic hydroxyl groups is 3. The smallest absolute Gasteiger partial charge is 0.126 e. The molecule has 4 nitrogen and oxygen atoms in total.